The highest BCUT2D eigenvalue weighted by Crippen LogP contribution is 2.25. The van der Waals surface area contributed by atoms with Crippen molar-refractivity contribution in [3.05, 3.63) is 48.0 Å². The molecule has 0 aliphatic carbocycles. The van der Waals surface area contributed by atoms with Crippen LogP contribution in [0.2, 0.25) is 0 Å². The minimum Gasteiger partial charge on any atom is -0.462 e. The number of ether oxygens (including phenoxy) is 1. The molecule has 3 aromatic rings. The number of rotatable bonds is 2. The number of aromatic amines is 1. The van der Waals surface area contributed by atoms with E-state index >= 15 is 0 Å². The van der Waals surface area contributed by atoms with Gasteiger partial charge in [0.25, 0.3) is 0 Å². The monoisotopic (exact) mass is 239 g/mol. The van der Waals surface area contributed by atoms with Gasteiger partial charge in [-0.3, -0.25) is 0 Å². The predicted octanol–water partition coefficient (Wildman–Crippen LogP) is 3.50. The molecule has 0 saturated carbocycles. The lowest BCUT2D eigenvalue weighted by atomic mass is 10.1. The lowest BCUT2D eigenvalue weighted by Gasteiger charge is -2.01. The molecule has 2 aromatic carbocycles. The molecular weight excluding hydrogens is 226 g/mol. The largest absolute Gasteiger partial charge is 0.462 e. The fourth-order valence-electron chi connectivity index (χ4n) is 2.20. The van der Waals surface area contributed by atoms with Crippen molar-refractivity contribution in [3.63, 3.8) is 0 Å². The van der Waals surface area contributed by atoms with E-state index in [9.17, 15) is 4.79 Å². The van der Waals surface area contributed by atoms with Gasteiger partial charge in [0.15, 0.2) is 0 Å². The van der Waals surface area contributed by atoms with Crippen LogP contribution in [-0.2, 0) is 4.74 Å². The van der Waals surface area contributed by atoms with Crippen molar-refractivity contribution in [1.29, 1.82) is 0 Å². The molecule has 0 saturated heterocycles. The van der Waals surface area contributed by atoms with Gasteiger partial charge < -0.3 is 9.72 Å². The first-order valence-corrected chi connectivity index (χ1v) is 5.97. The topological polar surface area (TPSA) is 42.1 Å². The Morgan fingerprint density at radius 1 is 1.11 bits per heavy atom. The number of nitrogens with one attached hydrogen (secondary N) is 1. The Morgan fingerprint density at radius 2 is 1.89 bits per heavy atom. The van der Waals surface area contributed by atoms with Crippen molar-refractivity contribution in [2.24, 2.45) is 0 Å². The van der Waals surface area contributed by atoms with Gasteiger partial charge in [0.2, 0.25) is 0 Å². The highest BCUT2D eigenvalue weighted by molar-refractivity contribution is 6.08. The lowest BCUT2D eigenvalue weighted by molar-refractivity contribution is 0.0526. The molecule has 0 atom stereocenters. The fourth-order valence-corrected chi connectivity index (χ4v) is 2.20. The van der Waals surface area contributed by atoms with Crippen LogP contribution in [0.25, 0.3) is 21.8 Å². The Morgan fingerprint density at radius 3 is 2.72 bits per heavy atom. The summed E-state index contributed by atoms with van der Waals surface area (Å²) in [6.07, 6.45) is 0. The maximum Gasteiger partial charge on any atom is 0.338 e. The Kier molecular flexibility index (Phi) is 2.52. The summed E-state index contributed by atoms with van der Waals surface area (Å²) in [6, 6.07) is 13.7. The summed E-state index contributed by atoms with van der Waals surface area (Å²) in [5.41, 5.74) is 2.62. The highest BCUT2D eigenvalue weighted by atomic mass is 16.5. The maximum atomic E-state index is 11.7. The number of carbonyl (C=O) groups excluding carboxylic acids is 1. The quantitative estimate of drug-likeness (QED) is 0.695. The molecule has 0 unspecified atom stereocenters. The molecule has 0 fully saturated rings. The average molecular weight is 239 g/mol. The SMILES string of the molecule is CCOC(=O)c1ccc2c(c1)[nH]c1ccccc12. The molecule has 0 amide bonds. The van der Waals surface area contributed by atoms with E-state index in [1.807, 2.05) is 30.3 Å². The number of fused-ring (bicyclic) bond motifs is 3. The maximum absolute atomic E-state index is 11.7. The van der Waals surface area contributed by atoms with E-state index in [0.717, 1.165) is 16.4 Å². The van der Waals surface area contributed by atoms with Crippen LogP contribution in [0.15, 0.2) is 42.5 Å². The van der Waals surface area contributed by atoms with Gasteiger partial charge in [-0.15, -0.1) is 0 Å². The molecule has 1 heterocycles. The molecule has 1 aromatic heterocycles. The zero-order valence-electron chi connectivity index (χ0n) is 10.1. The first-order valence-electron chi connectivity index (χ1n) is 5.97. The first kappa shape index (κ1) is 10.8. The molecule has 90 valence electrons. The molecule has 0 aliphatic rings. The number of aromatic nitrogens is 1. The molecule has 0 bridgehead atoms. The van der Waals surface area contributed by atoms with Crippen molar-refractivity contribution in [3.8, 4) is 0 Å². The number of esters is 1. The van der Waals surface area contributed by atoms with Crippen molar-refractivity contribution >= 4 is 27.8 Å². The fraction of sp³-hybridized carbons (Fsp3) is 0.133. The third-order valence-electron chi connectivity index (χ3n) is 3.02. The standard InChI is InChI=1S/C15H13NO2/c1-2-18-15(17)10-7-8-12-11-5-3-4-6-13(11)16-14(12)9-10/h3-9,16H,2H2,1H3. The molecule has 3 nitrogen and oxygen atoms in total. The highest BCUT2D eigenvalue weighted by Gasteiger charge is 2.09. The van der Waals surface area contributed by atoms with Gasteiger partial charge in [0.1, 0.15) is 0 Å². The van der Waals surface area contributed by atoms with E-state index in [0.29, 0.717) is 12.2 Å². The van der Waals surface area contributed by atoms with E-state index in [4.69, 9.17) is 4.74 Å². The molecule has 0 aliphatic heterocycles. The molecule has 18 heavy (non-hydrogen) atoms. The summed E-state index contributed by atoms with van der Waals surface area (Å²) >= 11 is 0. The third-order valence-corrected chi connectivity index (χ3v) is 3.02. The van der Waals surface area contributed by atoms with E-state index in [1.54, 1.807) is 13.0 Å². The van der Waals surface area contributed by atoms with E-state index < -0.39 is 0 Å². The van der Waals surface area contributed by atoms with Crippen LogP contribution in [0.1, 0.15) is 17.3 Å². The number of benzene rings is 2. The van der Waals surface area contributed by atoms with Gasteiger partial charge >= 0.3 is 5.97 Å². The van der Waals surface area contributed by atoms with Crippen molar-refractivity contribution < 1.29 is 9.53 Å². The number of hydrogen-bond donors (Lipinski definition) is 1. The van der Waals surface area contributed by atoms with E-state index in [-0.39, 0.29) is 5.97 Å². The number of hydrogen-bond acceptors (Lipinski definition) is 2. The van der Waals surface area contributed by atoms with Crippen molar-refractivity contribution in [2.75, 3.05) is 6.61 Å². The summed E-state index contributed by atoms with van der Waals surface area (Å²) in [5, 5.41) is 2.29. The molecule has 3 heteroatoms. The third kappa shape index (κ3) is 1.64. The lowest BCUT2D eigenvalue weighted by Crippen LogP contribution is -2.03. The van der Waals surface area contributed by atoms with E-state index in [1.165, 1.54) is 5.39 Å². The second kappa shape index (κ2) is 4.18. The minimum absolute atomic E-state index is 0.280. The normalized spacial score (nSPS) is 10.9. The zero-order chi connectivity index (χ0) is 12.5. The van der Waals surface area contributed by atoms with Crippen LogP contribution in [0.4, 0.5) is 0 Å². The minimum atomic E-state index is -0.280. The molecule has 3 rings (SSSR count). The predicted molar refractivity (Wildman–Crippen MR) is 71.8 cm³/mol. The van der Waals surface area contributed by atoms with Crippen molar-refractivity contribution in [2.45, 2.75) is 6.92 Å². The van der Waals surface area contributed by atoms with Crippen LogP contribution >= 0.6 is 0 Å². The molecule has 0 spiro atoms. The molecular formula is C15H13NO2. The van der Waals surface area contributed by atoms with Gasteiger partial charge in [-0.05, 0) is 25.1 Å². The number of para-hydroxylation sites is 1. The Hall–Kier alpha value is -2.29. The van der Waals surface area contributed by atoms with Crippen LogP contribution < -0.4 is 0 Å². The van der Waals surface area contributed by atoms with Crippen LogP contribution in [0, 0.1) is 0 Å². The van der Waals surface area contributed by atoms with Gasteiger partial charge in [-0.2, -0.15) is 0 Å². The summed E-state index contributed by atoms with van der Waals surface area (Å²) in [7, 11) is 0. The Labute approximate surface area is 104 Å². The van der Waals surface area contributed by atoms with Crippen LogP contribution in [0.5, 0.6) is 0 Å². The Balaban J connectivity index is 2.18. The van der Waals surface area contributed by atoms with Crippen molar-refractivity contribution in [1.82, 2.24) is 4.98 Å². The second-order valence-electron chi connectivity index (χ2n) is 4.15. The van der Waals surface area contributed by atoms with Gasteiger partial charge in [-0.1, -0.05) is 24.3 Å². The summed E-state index contributed by atoms with van der Waals surface area (Å²) in [4.78, 5) is 15.0. The average Bonchev–Trinajstić information content (AvgIpc) is 2.76. The van der Waals surface area contributed by atoms with Crippen LogP contribution in [-0.4, -0.2) is 17.6 Å². The number of carbonyl (C=O) groups is 1. The Bertz CT molecular complexity index is 728. The van der Waals surface area contributed by atoms with E-state index in [2.05, 4.69) is 11.1 Å². The summed E-state index contributed by atoms with van der Waals surface area (Å²) in [6.45, 7) is 2.20. The van der Waals surface area contributed by atoms with Gasteiger partial charge in [-0.25, -0.2) is 4.79 Å². The van der Waals surface area contributed by atoms with Crippen LogP contribution in [0.3, 0.4) is 0 Å². The summed E-state index contributed by atoms with van der Waals surface area (Å²) < 4.78 is 5.00. The molecule has 1 N–H and O–H groups in total. The first-order chi connectivity index (χ1) is 8.79. The number of H-pyrrole nitrogens is 1. The zero-order valence-corrected chi connectivity index (χ0v) is 10.1. The van der Waals surface area contributed by atoms with Gasteiger partial charge in [0.05, 0.1) is 12.2 Å². The second-order valence-corrected chi connectivity index (χ2v) is 4.15. The smallest absolute Gasteiger partial charge is 0.338 e. The summed E-state index contributed by atoms with van der Waals surface area (Å²) in [5.74, 6) is -0.280. The molecule has 0 radical (unpaired) electrons. The van der Waals surface area contributed by atoms with Gasteiger partial charge in [0, 0.05) is 21.8 Å².